The number of fused-ring (bicyclic) bond motifs is 1. The molecular weight excluding hydrogens is 240 g/mol. The lowest BCUT2D eigenvalue weighted by atomic mass is 9.76. The largest absolute Gasteiger partial charge is 0.378 e. The third-order valence-electron chi connectivity index (χ3n) is 3.55. The van der Waals surface area contributed by atoms with Gasteiger partial charge in [0.2, 0.25) is 0 Å². The van der Waals surface area contributed by atoms with Crippen molar-refractivity contribution in [3.05, 3.63) is 29.0 Å². The van der Waals surface area contributed by atoms with E-state index in [1.54, 1.807) is 6.07 Å². The van der Waals surface area contributed by atoms with Crippen LogP contribution in [-0.2, 0) is 4.74 Å². The van der Waals surface area contributed by atoms with Crippen LogP contribution in [0.3, 0.4) is 0 Å². The van der Waals surface area contributed by atoms with Gasteiger partial charge in [0.15, 0.2) is 0 Å². The predicted molar refractivity (Wildman–Crippen MR) is 63.0 cm³/mol. The summed E-state index contributed by atoms with van der Waals surface area (Å²) in [6.07, 6.45) is 5.37. The third-order valence-corrected chi connectivity index (χ3v) is 3.75. The fourth-order valence-electron chi connectivity index (χ4n) is 2.55. The van der Waals surface area contributed by atoms with Gasteiger partial charge in [0.25, 0.3) is 5.91 Å². The predicted octanol–water partition coefficient (Wildman–Crippen LogP) is 1.64. The number of ether oxygens (including phenoxy) is 1. The molecule has 17 heavy (non-hydrogen) atoms. The first kappa shape index (κ1) is 11.0. The molecule has 0 aromatic carbocycles. The molecule has 90 valence electrons. The molecule has 2 fully saturated rings. The summed E-state index contributed by atoms with van der Waals surface area (Å²) in [6, 6.07) is 1.87. The van der Waals surface area contributed by atoms with Crippen LogP contribution < -0.4 is 5.32 Å². The molecule has 2 heterocycles. The second-order valence-corrected chi connectivity index (χ2v) is 5.01. The van der Waals surface area contributed by atoms with Gasteiger partial charge >= 0.3 is 0 Å². The number of carbonyl (C=O) groups is 1. The van der Waals surface area contributed by atoms with E-state index in [2.05, 4.69) is 10.3 Å². The fraction of sp³-hybridized carbons (Fsp3) is 0.500. The molecule has 1 aromatic heterocycles. The molecule has 0 radical (unpaired) electrons. The van der Waals surface area contributed by atoms with Crippen molar-refractivity contribution in [3.63, 3.8) is 0 Å². The van der Waals surface area contributed by atoms with Gasteiger partial charge in [0.1, 0.15) is 0 Å². The highest BCUT2D eigenvalue weighted by atomic mass is 35.5. The highest BCUT2D eigenvalue weighted by Gasteiger charge is 2.45. The van der Waals surface area contributed by atoms with Crippen LogP contribution in [0.1, 0.15) is 23.2 Å². The Bertz CT molecular complexity index is 452. The second-order valence-electron chi connectivity index (χ2n) is 4.57. The molecule has 1 aliphatic carbocycles. The summed E-state index contributed by atoms with van der Waals surface area (Å²) in [5, 5.41) is 3.49. The minimum absolute atomic E-state index is 0.102. The minimum atomic E-state index is -0.102. The zero-order valence-electron chi connectivity index (χ0n) is 9.23. The average molecular weight is 253 g/mol. The Kier molecular flexibility index (Phi) is 2.76. The van der Waals surface area contributed by atoms with Crippen molar-refractivity contribution in [1.82, 2.24) is 10.3 Å². The van der Waals surface area contributed by atoms with Crippen molar-refractivity contribution >= 4 is 17.5 Å². The lowest BCUT2D eigenvalue weighted by Gasteiger charge is -2.39. The Morgan fingerprint density at radius 1 is 1.53 bits per heavy atom. The van der Waals surface area contributed by atoms with Crippen LogP contribution in [-0.4, -0.2) is 29.6 Å². The molecule has 1 aromatic rings. The van der Waals surface area contributed by atoms with Gasteiger partial charge in [-0.05, 0) is 18.9 Å². The highest BCUT2D eigenvalue weighted by Crippen LogP contribution is 2.38. The van der Waals surface area contributed by atoms with Crippen LogP contribution in [0.15, 0.2) is 18.5 Å². The Labute approximate surface area is 104 Å². The molecule has 0 unspecified atom stereocenters. The van der Waals surface area contributed by atoms with E-state index in [0.29, 0.717) is 22.6 Å². The van der Waals surface area contributed by atoms with E-state index in [4.69, 9.17) is 16.3 Å². The number of nitrogens with zero attached hydrogens (tertiary/aromatic N) is 1. The topological polar surface area (TPSA) is 51.2 Å². The molecule has 1 saturated heterocycles. The van der Waals surface area contributed by atoms with E-state index in [9.17, 15) is 4.79 Å². The number of amides is 1. The molecule has 2 aliphatic rings. The second kappa shape index (κ2) is 4.27. The molecule has 3 atom stereocenters. The van der Waals surface area contributed by atoms with E-state index < -0.39 is 0 Å². The van der Waals surface area contributed by atoms with E-state index in [0.717, 1.165) is 19.4 Å². The highest BCUT2D eigenvalue weighted by molar-refractivity contribution is 6.30. The lowest BCUT2D eigenvalue weighted by molar-refractivity contribution is 0.00809. The Hall–Kier alpha value is -1.13. The van der Waals surface area contributed by atoms with Gasteiger partial charge < -0.3 is 10.1 Å². The van der Waals surface area contributed by atoms with Gasteiger partial charge in [-0.15, -0.1) is 0 Å². The number of hydrogen-bond donors (Lipinski definition) is 1. The molecule has 4 nitrogen and oxygen atoms in total. The molecule has 1 aliphatic heterocycles. The maximum atomic E-state index is 11.9. The first-order valence-electron chi connectivity index (χ1n) is 5.77. The lowest BCUT2D eigenvalue weighted by Crippen LogP contribution is -2.53. The number of aromatic nitrogens is 1. The Morgan fingerprint density at radius 3 is 3.18 bits per heavy atom. The van der Waals surface area contributed by atoms with Crippen molar-refractivity contribution in [2.45, 2.75) is 25.0 Å². The van der Waals surface area contributed by atoms with E-state index in [1.807, 2.05) is 0 Å². The molecule has 1 amide bonds. The third kappa shape index (κ3) is 2.03. The summed E-state index contributed by atoms with van der Waals surface area (Å²) < 4.78 is 5.50. The number of hydrogen-bond acceptors (Lipinski definition) is 3. The zero-order valence-corrected chi connectivity index (χ0v) is 9.98. The summed E-state index contributed by atoms with van der Waals surface area (Å²) in [5.74, 6) is 0.390. The van der Waals surface area contributed by atoms with Crippen molar-refractivity contribution in [2.75, 3.05) is 6.61 Å². The van der Waals surface area contributed by atoms with Crippen LogP contribution in [0.5, 0.6) is 0 Å². The molecule has 3 rings (SSSR count). The van der Waals surface area contributed by atoms with Crippen LogP contribution in [0, 0.1) is 5.92 Å². The number of halogens is 1. The molecule has 0 spiro atoms. The van der Waals surface area contributed by atoms with E-state index in [-0.39, 0.29) is 11.9 Å². The van der Waals surface area contributed by atoms with Crippen molar-refractivity contribution in [2.24, 2.45) is 5.92 Å². The minimum Gasteiger partial charge on any atom is -0.378 e. The summed E-state index contributed by atoms with van der Waals surface area (Å²) in [6.45, 7) is 0.820. The van der Waals surface area contributed by atoms with Crippen molar-refractivity contribution < 1.29 is 9.53 Å². The molecule has 5 heteroatoms. The zero-order chi connectivity index (χ0) is 11.8. The quantitative estimate of drug-likeness (QED) is 0.871. The van der Waals surface area contributed by atoms with Crippen molar-refractivity contribution in [1.29, 1.82) is 0 Å². The standard InChI is InChI=1S/C12H13ClN2O2/c13-8-3-7(5-14-6-8)12(16)15-10-4-11-9(10)1-2-17-11/h3,5-6,9-11H,1-2,4H2,(H,15,16)/t9-,10+,11+/m0/s1. The van der Waals surface area contributed by atoms with Gasteiger partial charge in [-0.2, -0.15) is 0 Å². The molecular formula is C12H13ClN2O2. The summed E-state index contributed by atoms with van der Waals surface area (Å²) in [7, 11) is 0. The molecule has 1 N–H and O–H groups in total. The summed E-state index contributed by atoms with van der Waals surface area (Å²) in [4.78, 5) is 15.8. The van der Waals surface area contributed by atoms with Gasteiger partial charge in [-0.3, -0.25) is 9.78 Å². The summed E-state index contributed by atoms with van der Waals surface area (Å²) >= 11 is 5.80. The van der Waals surface area contributed by atoms with E-state index in [1.165, 1.54) is 12.4 Å². The number of carbonyl (C=O) groups excluding carboxylic acids is 1. The smallest absolute Gasteiger partial charge is 0.253 e. The summed E-state index contributed by atoms with van der Waals surface area (Å²) in [5.41, 5.74) is 0.514. The number of rotatable bonds is 2. The van der Waals surface area contributed by atoms with Gasteiger partial charge in [-0.25, -0.2) is 0 Å². The van der Waals surface area contributed by atoms with Gasteiger partial charge in [0, 0.05) is 31.0 Å². The average Bonchev–Trinajstić information content (AvgIpc) is 2.67. The van der Waals surface area contributed by atoms with E-state index >= 15 is 0 Å². The van der Waals surface area contributed by atoms with Gasteiger partial charge in [0.05, 0.1) is 16.7 Å². The Morgan fingerprint density at radius 2 is 2.41 bits per heavy atom. The first-order chi connectivity index (χ1) is 8.24. The van der Waals surface area contributed by atoms with Crippen LogP contribution in [0.4, 0.5) is 0 Å². The van der Waals surface area contributed by atoms with Gasteiger partial charge in [-0.1, -0.05) is 11.6 Å². The van der Waals surface area contributed by atoms with Crippen molar-refractivity contribution in [3.8, 4) is 0 Å². The monoisotopic (exact) mass is 252 g/mol. The SMILES string of the molecule is O=C(N[C@@H]1C[C@H]2OCC[C@@H]12)c1cncc(Cl)c1. The Balaban J connectivity index is 1.64. The normalized spacial score (nSPS) is 30.5. The maximum absolute atomic E-state index is 11.9. The fourth-order valence-corrected chi connectivity index (χ4v) is 2.72. The maximum Gasteiger partial charge on any atom is 0.253 e. The van der Waals surface area contributed by atoms with Crippen LogP contribution in [0.2, 0.25) is 5.02 Å². The molecule has 1 saturated carbocycles. The first-order valence-corrected chi connectivity index (χ1v) is 6.15. The number of nitrogens with one attached hydrogen (secondary N) is 1. The molecule has 0 bridgehead atoms. The van der Waals surface area contributed by atoms with Crippen LogP contribution in [0.25, 0.3) is 0 Å². The van der Waals surface area contributed by atoms with Crippen LogP contribution >= 0.6 is 11.6 Å². The number of pyridine rings is 1.